The molecule has 0 aromatic heterocycles. The monoisotopic (exact) mass is 239 g/mol. The van der Waals surface area contributed by atoms with Crippen LogP contribution in [-0.2, 0) is 0 Å². The third-order valence-corrected chi connectivity index (χ3v) is 3.18. The van der Waals surface area contributed by atoms with E-state index in [2.05, 4.69) is 18.3 Å². The van der Waals surface area contributed by atoms with Crippen LogP contribution < -0.4 is 11.1 Å². The van der Waals surface area contributed by atoms with E-state index in [1.807, 2.05) is 36.4 Å². The Balaban J connectivity index is 2.50. The molecule has 0 aliphatic carbocycles. The minimum atomic E-state index is 0.265. The molecule has 3 nitrogen and oxygen atoms in total. The fourth-order valence-electron chi connectivity index (χ4n) is 2.07. The predicted molar refractivity (Wildman–Crippen MR) is 75.4 cm³/mol. The van der Waals surface area contributed by atoms with Gasteiger partial charge in [-0.25, -0.2) is 0 Å². The van der Waals surface area contributed by atoms with E-state index in [9.17, 15) is 0 Å². The summed E-state index contributed by atoms with van der Waals surface area (Å²) in [4.78, 5) is 0. The molecule has 1 atom stereocenters. The Morgan fingerprint density at radius 3 is 2.56 bits per heavy atom. The van der Waals surface area contributed by atoms with Gasteiger partial charge in [-0.3, -0.25) is 0 Å². The molecule has 0 aliphatic rings. The topological polar surface area (TPSA) is 61.8 Å². The van der Waals surface area contributed by atoms with Crippen LogP contribution in [0.25, 0.3) is 10.8 Å². The van der Waals surface area contributed by atoms with Crippen molar-refractivity contribution in [1.29, 1.82) is 5.26 Å². The van der Waals surface area contributed by atoms with E-state index in [-0.39, 0.29) is 6.04 Å². The number of benzene rings is 2. The Hall–Kier alpha value is -2.05. The number of rotatable bonds is 4. The van der Waals surface area contributed by atoms with Crippen molar-refractivity contribution in [1.82, 2.24) is 0 Å². The van der Waals surface area contributed by atoms with Crippen molar-refractivity contribution in [3.63, 3.8) is 0 Å². The van der Waals surface area contributed by atoms with E-state index >= 15 is 0 Å². The zero-order valence-electron chi connectivity index (χ0n) is 10.5. The summed E-state index contributed by atoms with van der Waals surface area (Å²) in [6, 6.07) is 14.2. The molecule has 3 N–H and O–H groups in total. The van der Waals surface area contributed by atoms with Crippen LogP contribution in [0.15, 0.2) is 36.4 Å². The van der Waals surface area contributed by atoms with Crippen molar-refractivity contribution in [2.24, 2.45) is 5.73 Å². The fraction of sp³-hybridized carbons (Fsp3) is 0.267. The Bertz CT molecular complexity index is 580. The molecular weight excluding hydrogens is 222 g/mol. The van der Waals surface area contributed by atoms with Gasteiger partial charge in [-0.05, 0) is 18.6 Å². The molecule has 0 heterocycles. The van der Waals surface area contributed by atoms with Crippen LogP contribution in [0.3, 0.4) is 0 Å². The van der Waals surface area contributed by atoms with Gasteiger partial charge in [-0.1, -0.05) is 31.2 Å². The highest BCUT2D eigenvalue weighted by Crippen LogP contribution is 2.26. The number of nitrogens with zero attached hydrogens (tertiary/aromatic N) is 1. The highest BCUT2D eigenvalue weighted by molar-refractivity contribution is 5.97. The molecule has 0 radical (unpaired) electrons. The third kappa shape index (κ3) is 2.29. The van der Waals surface area contributed by atoms with Gasteiger partial charge in [-0.15, -0.1) is 0 Å². The van der Waals surface area contributed by atoms with Gasteiger partial charge < -0.3 is 11.1 Å². The maximum Gasteiger partial charge on any atom is 0.0998 e. The fourth-order valence-corrected chi connectivity index (χ4v) is 2.07. The summed E-state index contributed by atoms with van der Waals surface area (Å²) in [7, 11) is 0. The smallest absolute Gasteiger partial charge is 0.0998 e. The van der Waals surface area contributed by atoms with Crippen molar-refractivity contribution in [2.75, 3.05) is 11.9 Å². The van der Waals surface area contributed by atoms with Crippen LogP contribution in [0.2, 0.25) is 0 Å². The number of nitrogens with one attached hydrogen (secondary N) is 1. The van der Waals surface area contributed by atoms with Gasteiger partial charge in [0.15, 0.2) is 0 Å². The maximum absolute atomic E-state index is 9.11. The van der Waals surface area contributed by atoms with Gasteiger partial charge in [-0.2, -0.15) is 5.26 Å². The number of nitriles is 1. The minimum absolute atomic E-state index is 0.265. The third-order valence-electron chi connectivity index (χ3n) is 3.18. The normalized spacial score (nSPS) is 12.1. The van der Waals surface area contributed by atoms with Crippen molar-refractivity contribution in [2.45, 2.75) is 19.4 Å². The van der Waals surface area contributed by atoms with Crippen LogP contribution in [0.1, 0.15) is 18.9 Å². The number of hydrogen-bond acceptors (Lipinski definition) is 3. The molecule has 92 valence electrons. The predicted octanol–water partition coefficient (Wildman–Crippen LogP) is 2.86. The minimum Gasteiger partial charge on any atom is -0.381 e. The zero-order valence-corrected chi connectivity index (χ0v) is 10.5. The molecule has 0 fully saturated rings. The first-order valence-corrected chi connectivity index (χ1v) is 6.18. The van der Waals surface area contributed by atoms with Crippen molar-refractivity contribution in [3.05, 3.63) is 42.0 Å². The van der Waals surface area contributed by atoms with Crippen LogP contribution in [0.4, 0.5) is 5.69 Å². The summed E-state index contributed by atoms with van der Waals surface area (Å²) < 4.78 is 0. The van der Waals surface area contributed by atoms with Gasteiger partial charge in [0.05, 0.1) is 11.6 Å². The molecule has 0 amide bonds. The summed E-state index contributed by atoms with van der Waals surface area (Å²) in [5, 5.41) is 14.6. The Kier molecular flexibility index (Phi) is 3.81. The highest BCUT2D eigenvalue weighted by atomic mass is 14.9. The van der Waals surface area contributed by atoms with Crippen LogP contribution >= 0.6 is 0 Å². The Morgan fingerprint density at radius 1 is 1.22 bits per heavy atom. The average molecular weight is 239 g/mol. The Morgan fingerprint density at radius 2 is 1.94 bits per heavy atom. The number of fused-ring (bicyclic) bond motifs is 1. The summed E-state index contributed by atoms with van der Waals surface area (Å²) >= 11 is 0. The molecule has 18 heavy (non-hydrogen) atoms. The van der Waals surface area contributed by atoms with E-state index in [4.69, 9.17) is 11.0 Å². The van der Waals surface area contributed by atoms with Crippen molar-refractivity contribution >= 4 is 16.5 Å². The highest BCUT2D eigenvalue weighted by Gasteiger charge is 2.08. The summed E-state index contributed by atoms with van der Waals surface area (Å²) in [6.45, 7) is 2.71. The maximum atomic E-state index is 9.11. The van der Waals surface area contributed by atoms with Gasteiger partial charge >= 0.3 is 0 Å². The molecule has 2 aromatic rings. The first kappa shape index (κ1) is 12.4. The molecule has 0 spiro atoms. The number of nitrogens with two attached hydrogens (primary N) is 1. The quantitative estimate of drug-likeness (QED) is 0.862. The van der Waals surface area contributed by atoms with Gasteiger partial charge in [0.1, 0.15) is 0 Å². The molecule has 2 rings (SSSR count). The second kappa shape index (κ2) is 5.52. The summed E-state index contributed by atoms with van der Waals surface area (Å²) in [5.74, 6) is 0. The molecule has 0 bridgehead atoms. The van der Waals surface area contributed by atoms with Crippen molar-refractivity contribution in [3.8, 4) is 6.07 Å². The van der Waals surface area contributed by atoms with Crippen LogP contribution in [0, 0.1) is 11.3 Å². The van der Waals surface area contributed by atoms with Crippen molar-refractivity contribution < 1.29 is 0 Å². The second-order valence-electron chi connectivity index (χ2n) is 4.30. The average Bonchev–Trinajstić information content (AvgIpc) is 2.44. The van der Waals surface area contributed by atoms with E-state index < -0.39 is 0 Å². The van der Waals surface area contributed by atoms with Gasteiger partial charge in [0.25, 0.3) is 0 Å². The summed E-state index contributed by atoms with van der Waals surface area (Å²) in [6.07, 6.45) is 0.977. The van der Waals surface area contributed by atoms with E-state index in [1.165, 1.54) is 0 Å². The molecule has 2 aromatic carbocycles. The Labute approximate surface area is 107 Å². The molecular formula is C15H17N3. The molecule has 1 unspecified atom stereocenters. The van der Waals surface area contributed by atoms with E-state index in [0.717, 1.165) is 22.9 Å². The molecule has 0 saturated carbocycles. The summed E-state index contributed by atoms with van der Waals surface area (Å²) in [5.41, 5.74) is 7.47. The van der Waals surface area contributed by atoms with E-state index in [1.54, 1.807) is 0 Å². The largest absolute Gasteiger partial charge is 0.381 e. The molecule has 0 saturated heterocycles. The lowest BCUT2D eigenvalue weighted by Gasteiger charge is -2.18. The lowest BCUT2D eigenvalue weighted by molar-refractivity contribution is 0.704. The first-order valence-electron chi connectivity index (χ1n) is 6.18. The van der Waals surface area contributed by atoms with Gasteiger partial charge in [0, 0.05) is 29.0 Å². The SMILES string of the molecule is CCC(CN)Nc1ccc(C#N)c2ccccc12. The first-order chi connectivity index (χ1) is 8.80. The lowest BCUT2D eigenvalue weighted by atomic mass is 10.0. The van der Waals surface area contributed by atoms with E-state index in [0.29, 0.717) is 12.1 Å². The van der Waals surface area contributed by atoms with Crippen LogP contribution in [-0.4, -0.2) is 12.6 Å². The second-order valence-corrected chi connectivity index (χ2v) is 4.30. The molecule has 3 heteroatoms. The number of anilines is 1. The zero-order chi connectivity index (χ0) is 13.0. The van der Waals surface area contributed by atoms with Gasteiger partial charge in [0.2, 0.25) is 0 Å². The standard InChI is InChI=1S/C15H17N3/c1-2-12(10-17)18-15-8-7-11(9-16)13-5-3-4-6-14(13)15/h3-8,12,18H,2,10,17H2,1H3. The molecule has 0 aliphatic heterocycles. The number of hydrogen-bond donors (Lipinski definition) is 2. The lowest BCUT2D eigenvalue weighted by Crippen LogP contribution is -2.27. The van der Waals surface area contributed by atoms with Crippen LogP contribution in [0.5, 0.6) is 0 Å².